The third-order valence-corrected chi connectivity index (χ3v) is 3.38. The number of nitrogens with zero attached hydrogens (tertiary/aromatic N) is 1. The molecule has 2 aliphatic heterocycles. The summed E-state index contributed by atoms with van der Waals surface area (Å²) in [5.74, 6) is 0. The highest BCUT2D eigenvalue weighted by molar-refractivity contribution is 5.79. The fourth-order valence-corrected chi connectivity index (χ4v) is 2.63. The fourth-order valence-electron chi connectivity index (χ4n) is 2.63. The Morgan fingerprint density at radius 3 is 3.20 bits per heavy atom. The first-order valence-corrected chi connectivity index (χ1v) is 5.84. The van der Waals surface area contributed by atoms with E-state index < -0.39 is 0 Å². The molecule has 0 fully saturated rings. The lowest BCUT2D eigenvalue weighted by molar-refractivity contribution is 1.00. The molecule has 0 saturated heterocycles. The smallest absolute Gasteiger partial charge is 0.0710 e. The number of hydrogen-bond acceptors (Lipinski definition) is 2. The van der Waals surface area contributed by atoms with E-state index in [2.05, 4.69) is 29.5 Å². The minimum atomic E-state index is 1.09. The van der Waals surface area contributed by atoms with Crippen molar-refractivity contribution < 1.29 is 0 Å². The molecule has 0 spiro atoms. The van der Waals surface area contributed by atoms with Crippen LogP contribution in [-0.2, 0) is 19.3 Å². The quantitative estimate of drug-likeness (QED) is 0.740. The molecule has 1 aromatic carbocycles. The number of rotatable bonds is 1. The molecule has 0 aromatic heterocycles. The van der Waals surface area contributed by atoms with Crippen LogP contribution in [0.5, 0.6) is 0 Å². The molecular weight excluding hydrogens is 184 g/mol. The van der Waals surface area contributed by atoms with Crippen LogP contribution < -0.4 is 5.32 Å². The highest BCUT2D eigenvalue weighted by Crippen LogP contribution is 2.39. The van der Waals surface area contributed by atoms with E-state index in [0.717, 1.165) is 25.8 Å². The Morgan fingerprint density at radius 2 is 2.33 bits per heavy atom. The summed E-state index contributed by atoms with van der Waals surface area (Å²) in [4.78, 5) is 4.58. The Bertz CT molecular complexity index is 433. The lowest BCUT2D eigenvalue weighted by Crippen LogP contribution is -2.02. The summed E-state index contributed by atoms with van der Waals surface area (Å²) in [6.07, 6.45) is 6.57. The first-order valence-electron chi connectivity index (χ1n) is 5.84. The van der Waals surface area contributed by atoms with Gasteiger partial charge in [-0.3, -0.25) is 4.99 Å². The Morgan fingerprint density at radius 1 is 1.40 bits per heavy atom. The number of hydrogen-bond donors (Lipinski definition) is 1. The Labute approximate surface area is 90.4 Å². The zero-order chi connectivity index (χ0) is 10.3. The Balaban J connectivity index is 2.25. The van der Waals surface area contributed by atoms with Gasteiger partial charge in [0, 0.05) is 24.0 Å². The summed E-state index contributed by atoms with van der Waals surface area (Å²) in [7, 11) is 0. The fraction of sp³-hybridized carbons (Fsp3) is 0.462. The first kappa shape index (κ1) is 8.96. The van der Waals surface area contributed by atoms with Crippen LogP contribution in [0.3, 0.4) is 0 Å². The number of fused-ring (bicyclic) bond motifs is 3. The molecule has 0 amide bonds. The van der Waals surface area contributed by atoms with Gasteiger partial charge in [-0.15, -0.1) is 0 Å². The van der Waals surface area contributed by atoms with Gasteiger partial charge in [0.2, 0.25) is 0 Å². The van der Waals surface area contributed by atoms with Crippen LogP contribution in [-0.4, -0.2) is 12.8 Å². The lowest BCUT2D eigenvalue weighted by Gasteiger charge is -2.18. The van der Waals surface area contributed by atoms with Crippen molar-refractivity contribution in [1.82, 2.24) is 0 Å². The average Bonchev–Trinajstić information content (AvgIpc) is 2.76. The van der Waals surface area contributed by atoms with E-state index >= 15 is 0 Å². The third kappa shape index (κ3) is 1.28. The molecule has 15 heavy (non-hydrogen) atoms. The molecule has 0 bridgehead atoms. The SMILES string of the molecule is CCc1cc2c(c3c1N=CCC3)NCC2. The van der Waals surface area contributed by atoms with Crippen molar-refractivity contribution in [2.75, 3.05) is 11.9 Å². The van der Waals surface area contributed by atoms with Crippen LogP contribution >= 0.6 is 0 Å². The molecule has 0 aliphatic carbocycles. The van der Waals surface area contributed by atoms with Crippen LogP contribution in [0.1, 0.15) is 30.0 Å². The van der Waals surface area contributed by atoms with Crippen LogP contribution in [0, 0.1) is 0 Å². The van der Waals surface area contributed by atoms with Gasteiger partial charge in [-0.2, -0.15) is 0 Å². The third-order valence-electron chi connectivity index (χ3n) is 3.38. The molecule has 0 atom stereocenters. The molecule has 1 N–H and O–H groups in total. The van der Waals surface area contributed by atoms with Crippen molar-refractivity contribution in [1.29, 1.82) is 0 Å². The summed E-state index contributed by atoms with van der Waals surface area (Å²) in [5, 5.41) is 3.51. The molecule has 2 nitrogen and oxygen atoms in total. The molecule has 2 heterocycles. The van der Waals surface area contributed by atoms with Gasteiger partial charge >= 0.3 is 0 Å². The molecule has 3 rings (SSSR count). The number of aliphatic imine (C=N–C) groups is 1. The maximum absolute atomic E-state index is 4.58. The van der Waals surface area contributed by atoms with Gasteiger partial charge in [-0.25, -0.2) is 0 Å². The van der Waals surface area contributed by atoms with Gasteiger partial charge < -0.3 is 5.32 Å². The van der Waals surface area contributed by atoms with Crippen molar-refractivity contribution in [3.63, 3.8) is 0 Å². The minimum absolute atomic E-state index is 1.09. The number of benzene rings is 1. The van der Waals surface area contributed by atoms with Gasteiger partial charge in [0.25, 0.3) is 0 Å². The molecule has 0 unspecified atom stereocenters. The van der Waals surface area contributed by atoms with Gasteiger partial charge in [0.05, 0.1) is 5.69 Å². The van der Waals surface area contributed by atoms with Crippen LogP contribution in [0.4, 0.5) is 11.4 Å². The highest BCUT2D eigenvalue weighted by Gasteiger charge is 2.21. The molecule has 2 aliphatic rings. The predicted molar refractivity (Wildman–Crippen MR) is 64.5 cm³/mol. The van der Waals surface area contributed by atoms with Gasteiger partial charge in [-0.05, 0) is 36.8 Å². The van der Waals surface area contributed by atoms with E-state index in [-0.39, 0.29) is 0 Å². The molecule has 0 saturated carbocycles. The molecule has 2 heteroatoms. The molecular formula is C13H16N2. The summed E-state index contributed by atoms with van der Waals surface area (Å²) in [5.41, 5.74) is 7.02. The minimum Gasteiger partial charge on any atom is -0.384 e. The first-order chi connectivity index (χ1) is 7.40. The van der Waals surface area contributed by atoms with E-state index in [1.54, 1.807) is 0 Å². The van der Waals surface area contributed by atoms with Crippen LogP contribution in [0.25, 0.3) is 0 Å². The Hall–Kier alpha value is -1.31. The van der Waals surface area contributed by atoms with Crippen molar-refractivity contribution >= 4 is 17.6 Å². The molecule has 1 aromatic rings. The maximum Gasteiger partial charge on any atom is 0.0710 e. The van der Waals surface area contributed by atoms with Gasteiger partial charge in [0.15, 0.2) is 0 Å². The zero-order valence-corrected chi connectivity index (χ0v) is 9.14. The van der Waals surface area contributed by atoms with Crippen LogP contribution in [0.15, 0.2) is 11.1 Å². The average molecular weight is 200 g/mol. The summed E-state index contributed by atoms with van der Waals surface area (Å²) < 4.78 is 0. The number of aryl methyl sites for hydroxylation is 1. The summed E-state index contributed by atoms with van der Waals surface area (Å²) in [6, 6.07) is 2.34. The monoisotopic (exact) mass is 200 g/mol. The highest BCUT2D eigenvalue weighted by atomic mass is 14.9. The number of nitrogens with one attached hydrogen (secondary N) is 1. The van der Waals surface area contributed by atoms with E-state index in [0.29, 0.717) is 0 Å². The molecule has 0 radical (unpaired) electrons. The van der Waals surface area contributed by atoms with Crippen molar-refractivity contribution in [3.8, 4) is 0 Å². The van der Waals surface area contributed by atoms with Gasteiger partial charge in [0.1, 0.15) is 0 Å². The second-order valence-corrected chi connectivity index (χ2v) is 4.28. The molecule has 78 valence electrons. The predicted octanol–water partition coefficient (Wildman–Crippen LogP) is 2.87. The maximum atomic E-state index is 4.58. The van der Waals surface area contributed by atoms with Crippen LogP contribution in [0.2, 0.25) is 0 Å². The van der Waals surface area contributed by atoms with E-state index in [1.165, 1.54) is 34.5 Å². The zero-order valence-electron chi connectivity index (χ0n) is 9.14. The van der Waals surface area contributed by atoms with Crippen molar-refractivity contribution in [2.45, 2.75) is 32.6 Å². The second-order valence-electron chi connectivity index (χ2n) is 4.28. The van der Waals surface area contributed by atoms with Gasteiger partial charge in [-0.1, -0.05) is 13.0 Å². The standard InChI is InChI=1S/C13H16N2/c1-2-9-8-10-5-7-15-13(10)11-4-3-6-14-12(9)11/h6,8,15H,2-5,7H2,1H3. The lowest BCUT2D eigenvalue weighted by atomic mass is 9.94. The summed E-state index contributed by atoms with van der Waals surface area (Å²) >= 11 is 0. The van der Waals surface area contributed by atoms with Crippen molar-refractivity contribution in [2.24, 2.45) is 4.99 Å². The van der Waals surface area contributed by atoms with E-state index in [9.17, 15) is 0 Å². The van der Waals surface area contributed by atoms with E-state index in [1.807, 2.05) is 0 Å². The summed E-state index contributed by atoms with van der Waals surface area (Å²) in [6.45, 7) is 3.31. The number of anilines is 1. The second kappa shape index (κ2) is 3.37. The largest absolute Gasteiger partial charge is 0.384 e. The topological polar surface area (TPSA) is 24.4 Å². The van der Waals surface area contributed by atoms with E-state index in [4.69, 9.17) is 0 Å². The Kier molecular flexibility index (Phi) is 2.01. The van der Waals surface area contributed by atoms with Crippen molar-refractivity contribution in [3.05, 3.63) is 22.8 Å². The normalized spacial score (nSPS) is 17.1.